The van der Waals surface area contributed by atoms with Crippen LogP contribution in [0.25, 0.3) is 0 Å². The van der Waals surface area contributed by atoms with E-state index in [0.29, 0.717) is 0 Å². The van der Waals surface area contributed by atoms with Crippen LogP contribution in [0.2, 0.25) is 0 Å². The molecule has 0 unspecified atom stereocenters. The summed E-state index contributed by atoms with van der Waals surface area (Å²) in [7, 11) is 2.11. The predicted octanol–water partition coefficient (Wildman–Crippen LogP) is 0.151. The van der Waals surface area contributed by atoms with Crippen molar-refractivity contribution in [2.75, 3.05) is 20.1 Å². The van der Waals surface area contributed by atoms with Crippen LogP contribution >= 0.6 is 0 Å². The molecule has 1 aliphatic carbocycles. The van der Waals surface area contributed by atoms with Crippen LogP contribution in [0.5, 0.6) is 0 Å². The van der Waals surface area contributed by atoms with E-state index in [0.717, 1.165) is 19.1 Å². The lowest BCUT2D eigenvalue weighted by Crippen LogP contribution is -2.28. The lowest BCUT2D eigenvalue weighted by Gasteiger charge is -2.13. The van der Waals surface area contributed by atoms with Gasteiger partial charge in [0.2, 0.25) is 0 Å². The van der Waals surface area contributed by atoms with Gasteiger partial charge in [0.25, 0.3) is 0 Å². The number of nitrogens with zero attached hydrogens (tertiary/aromatic N) is 2. The number of hydrogen-bond acceptors (Lipinski definition) is 3. The van der Waals surface area contributed by atoms with Crippen molar-refractivity contribution < 1.29 is 0 Å². The van der Waals surface area contributed by atoms with Crippen molar-refractivity contribution in [1.29, 1.82) is 5.26 Å². The minimum Gasteiger partial charge on any atom is -0.323 e. The van der Waals surface area contributed by atoms with E-state index in [1.807, 2.05) is 6.19 Å². The van der Waals surface area contributed by atoms with E-state index in [9.17, 15) is 0 Å². The highest BCUT2D eigenvalue weighted by Crippen LogP contribution is 2.24. The van der Waals surface area contributed by atoms with Crippen LogP contribution in [-0.2, 0) is 0 Å². The largest absolute Gasteiger partial charge is 0.323 e. The number of hydrogen-bond donors (Lipinski definition) is 1. The molecule has 0 heterocycles. The van der Waals surface area contributed by atoms with Gasteiger partial charge in [0.1, 0.15) is 0 Å². The normalized spacial score (nSPS) is 16.9. The molecule has 0 aromatic rings. The van der Waals surface area contributed by atoms with Crippen LogP contribution in [0.1, 0.15) is 12.8 Å². The molecule has 0 aliphatic heterocycles. The van der Waals surface area contributed by atoms with E-state index in [4.69, 9.17) is 5.26 Å². The van der Waals surface area contributed by atoms with Crippen molar-refractivity contribution in [1.82, 2.24) is 10.2 Å². The summed E-state index contributed by atoms with van der Waals surface area (Å²) in [4.78, 5) is 2.30. The molecular weight excluding hydrogens is 126 g/mol. The van der Waals surface area contributed by atoms with Gasteiger partial charge in [-0.15, -0.1) is 0 Å². The van der Waals surface area contributed by atoms with Gasteiger partial charge < -0.3 is 10.2 Å². The van der Waals surface area contributed by atoms with E-state index in [1.54, 1.807) is 0 Å². The second kappa shape index (κ2) is 3.43. The Morgan fingerprint density at radius 2 is 2.40 bits per heavy atom. The number of nitriles is 1. The van der Waals surface area contributed by atoms with Crippen molar-refractivity contribution in [2.24, 2.45) is 0 Å². The summed E-state index contributed by atoms with van der Waals surface area (Å²) in [5.74, 6) is 0. The van der Waals surface area contributed by atoms with Crippen molar-refractivity contribution in [3.8, 4) is 6.19 Å². The molecule has 1 rings (SSSR count). The van der Waals surface area contributed by atoms with Crippen LogP contribution in [0, 0.1) is 11.5 Å². The van der Waals surface area contributed by atoms with Gasteiger partial charge in [0.05, 0.1) is 0 Å². The zero-order chi connectivity index (χ0) is 7.40. The molecule has 1 saturated carbocycles. The van der Waals surface area contributed by atoms with Gasteiger partial charge in [-0.05, 0) is 19.9 Å². The zero-order valence-corrected chi connectivity index (χ0v) is 6.30. The Morgan fingerprint density at radius 3 is 2.90 bits per heavy atom. The fourth-order valence-electron chi connectivity index (χ4n) is 0.986. The van der Waals surface area contributed by atoms with Gasteiger partial charge in [-0.25, -0.2) is 0 Å². The predicted molar refractivity (Wildman–Crippen MR) is 39.3 cm³/mol. The third-order valence-corrected chi connectivity index (χ3v) is 1.84. The Balaban J connectivity index is 1.96. The van der Waals surface area contributed by atoms with Gasteiger partial charge in [0, 0.05) is 19.1 Å². The first-order valence-corrected chi connectivity index (χ1v) is 3.67. The molecule has 1 N–H and O–H groups in total. The van der Waals surface area contributed by atoms with Gasteiger partial charge in [-0.3, -0.25) is 0 Å². The third kappa shape index (κ3) is 2.24. The Morgan fingerprint density at radius 1 is 1.70 bits per heavy atom. The molecule has 1 aliphatic rings. The van der Waals surface area contributed by atoms with Crippen LogP contribution in [0.4, 0.5) is 0 Å². The van der Waals surface area contributed by atoms with Crippen LogP contribution in [0.3, 0.4) is 0 Å². The first-order valence-electron chi connectivity index (χ1n) is 3.67. The maximum absolute atomic E-state index is 8.15. The Hall–Kier alpha value is -0.750. The number of likely N-dealkylation sites (N-methyl/N-ethyl adjacent to an activating group) is 1. The first kappa shape index (κ1) is 7.36. The second-order valence-corrected chi connectivity index (χ2v) is 2.75. The summed E-state index contributed by atoms with van der Waals surface area (Å²) in [6.07, 6.45) is 4.58. The van der Waals surface area contributed by atoms with Crippen LogP contribution < -0.4 is 5.32 Å². The lowest BCUT2D eigenvalue weighted by atomic mass is 10.5. The molecule has 0 spiro atoms. The summed E-state index contributed by atoms with van der Waals surface area (Å²) in [5, 5.41) is 10.8. The molecule has 0 atom stereocenters. The second-order valence-electron chi connectivity index (χ2n) is 2.75. The molecule has 0 saturated heterocycles. The smallest absolute Gasteiger partial charge is 0.176 e. The third-order valence-electron chi connectivity index (χ3n) is 1.84. The van der Waals surface area contributed by atoms with E-state index < -0.39 is 0 Å². The van der Waals surface area contributed by atoms with Crippen molar-refractivity contribution in [3.05, 3.63) is 0 Å². The Kier molecular flexibility index (Phi) is 2.52. The van der Waals surface area contributed by atoms with Gasteiger partial charge in [0.15, 0.2) is 6.19 Å². The molecule has 1 fully saturated rings. The maximum atomic E-state index is 8.15. The summed E-state index contributed by atoms with van der Waals surface area (Å²) < 4.78 is 0. The maximum Gasteiger partial charge on any atom is 0.176 e. The fraction of sp³-hybridized carbons (Fsp3) is 0.857. The van der Waals surface area contributed by atoms with Gasteiger partial charge in [-0.2, -0.15) is 5.26 Å². The SMILES string of the molecule is CN(CCNC#N)C1CC1. The molecule has 0 amide bonds. The number of rotatable bonds is 4. The first-order chi connectivity index (χ1) is 4.84. The minimum atomic E-state index is 0.781. The fourth-order valence-corrected chi connectivity index (χ4v) is 0.986. The van der Waals surface area contributed by atoms with E-state index in [1.165, 1.54) is 12.8 Å². The quantitative estimate of drug-likeness (QED) is 0.342. The van der Waals surface area contributed by atoms with E-state index in [-0.39, 0.29) is 0 Å². The molecule has 0 bridgehead atoms. The molecule has 3 heteroatoms. The molecule has 0 aromatic carbocycles. The highest BCUT2D eigenvalue weighted by atomic mass is 15.2. The number of nitrogens with one attached hydrogen (secondary N) is 1. The molecule has 10 heavy (non-hydrogen) atoms. The zero-order valence-electron chi connectivity index (χ0n) is 6.30. The van der Waals surface area contributed by atoms with Crippen molar-refractivity contribution in [3.63, 3.8) is 0 Å². The Labute approximate surface area is 61.6 Å². The van der Waals surface area contributed by atoms with Gasteiger partial charge in [-0.1, -0.05) is 0 Å². The highest BCUT2D eigenvalue weighted by molar-refractivity contribution is 4.82. The summed E-state index contributed by atoms with van der Waals surface area (Å²) in [5.41, 5.74) is 0. The average Bonchev–Trinajstić information content (AvgIpc) is 2.69. The molecule has 0 aromatic heterocycles. The van der Waals surface area contributed by atoms with Crippen LogP contribution in [-0.4, -0.2) is 31.1 Å². The van der Waals surface area contributed by atoms with Crippen molar-refractivity contribution in [2.45, 2.75) is 18.9 Å². The molecule has 56 valence electrons. The standard InChI is InChI=1S/C7H13N3/c1-10(7-2-3-7)5-4-9-6-8/h7,9H,2-5H2,1H3. The molecule has 3 nitrogen and oxygen atoms in total. The highest BCUT2D eigenvalue weighted by Gasteiger charge is 2.25. The monoisotopic (exact) mass is 139 g/mol. The van der Waals surface area contributed by atoms with E-state index >= 15 is 0 Å². The van der Waals surface area contributed by atoms with E-state index in [2.05, 4.69) is 17.3 Å². The van der Waals surface area contributed by atoms with Gasteiger partial charge >= 0.3 is 0 Å². The molecular formula is C7H13N3. The van der Waals surface area contributed by atoms with Crippen molar-refractivity contribution >= 4 is 0 Å². The Bertz CT molecular complexity index is 134. The summed E-state index contributed by atoms with van der Waals surface area (Å²) in [6, 6.07) is 0.806. The topological polar surface area (TPSA) is 39.1 Å². The lowest BCUT2D eigenvalue weighted by molar-refractivity contribution is 0.328. The average molecular weight is 139 g/mol. The molecule has 0 radical (unpaired) electrons. The minimum absolute atomic E-state index is 0.781. The summed E-state index contributed by atoms with van der Waals surface area (Å²) >= 11 is 0. The van der Waals surface area contributed by atoms with Crippen LogP contribution in [0.15, 0.2) is 0 Å². The summed E-state index contributed by atoms with van der Waals surface area (Å²) in [6.45, 7) is 1.77.